The van der Waals surface area contributed by atoms with Gasteiger partial charge in [-0.15, -0.1) is 0 Å². The predicted octanol–water partition coefficient (Wildman–Crippen LogP) is 4.23. The minimum absolute atomic E-state index is 0.717. The van der Waals surface area contributed by atoms with Gasteiger partial charge in [-0.25, -0.2) is 0 Å². The van der Waals surface area contributed by atoms with Crippen molar-refractivity contribution in [2.75, 3.05) is 19.5 Å². The molecule has 0 aromatic heterocycles. The molecule has 0 bridgehead atoms. The van der Waals surface area contributed by atoms with Gasteiger partial charge in [0.1, 0.15) is 11.5 Å². The highest BCUT2D eigenvalue weighted by molar-refractivity contribution is 14.1. The summed E-state index contributed by atoms with van der Waals surface area (Å²) in [4.78, 5) is 0. The first-order chi connectivity index (χ1) is 9.63. The molecule has 2 aromatic rings. The maximum Gasteiger partial charge on any atom is 0.127 e. The summed E-state index contributed by atoms with van der Waals surface area (Å²) in [6, 6.07) is 12.2. The Bertz CT molecular complexity index is 599. The molecule has 0 heterocycles. The van der Waals surface area contributed by atoms with Gasteiger partial charge in [0.15, 0.2) is 0 Å². The molecule has 0 amide bonds. The van der Waals surface area contributed by atoms with E-state index in [1.54, 1.807) is 14.2 Å². The van der Waals surface area contributed by atoms with Crippen molar-refractivity contribution in [2.45, 2.75) is 13.5 Å². The Morgan fingerprint density at radius 2 is 1.85 bits per heavy atom. The Kier molecular flexibility index (Phi) is 5.11. The van der Waals surface area contributed by atoms with Gasteiger partial charge in [-0.05, 0) is 65.4 Å². The van der Waals surface area contributed by atoms with Crippen LogP contribution in [0.1, 0.15) is 11.1 Å². The van der Waals surface area contributed by atoms with Crippen LogP contribution in [0, 0.1) is 10.5 Å². The van der Waals surface area contributed by atoms with E-state index in [1.807, 2.05) is 18.2 Å². The number of ether oxygens (including phenoxy) is 2. The van der Waals surface area contributed by atoms with Crippen molar-refractivity contribution in [3.8, 4) is 11.5 Å². The number of anilines is 1. The van der Waals surface area contributed by atoms with Gasteiger partial charge in [-0.1, -0.05) is 0 Å². The van der Waals surface area contributed by atoms with Crippen molar-refractivity contribution in [1.29, 1.82) is 0 Å². The van der Waals surface area contributed by atoms with E-state index in [0.717, 1.165) is 22.7 Å². The molecule has 2 aromatic carbocycles. The molecule has 0 fully saturated rings. The zero-order chi connectivity index (χ0) is 14.5. The maximum absolute atomic E-state index is 5.40. The Morgan fingerprint density at radius 1 is 1.05 bits per heavy atom. The summed E-state index contributed by atoms with van der Waals surface area (Å²) < 4.78 is 11.9. The molecule has 4 heteroatoms. The topological polar surface area (TPSA) is 30.5 Å². The first-order valence-corrected chi connectivity index (χ1v) is 7.43. The quantitative estimate of drug-likeness (QED) is 0.784. The average molecular weight is 383 g/mol. The number of benzene rings is 2. The summed E-state index contributed by atoms with van der Waals surface area (Å²) in [5, 5.41) is 3.44. The number of hydrogen-bond acceptors (Lipinski definition) is 3. The van der Waals surface area contributed by atoms with Gasteiger partial charge in [0, 0.05) is 27.4 Å². The van der Waals surface area contributed by atoms with Gasteiger partial charge < -0.3 is 14.8 Å². The fourth-order valence-electron chi connectivity index (χ4n) is 2.01. The molecule has 0 atom stereocenters. The lowest BCUT2D eigenvalue weighted by Gasteiger charge is -2.13. The molecule has 0 radical (unpaired) electrons. The van der Waals surface area contributed by atoms with Crippen LogP contribution in [0.2, 0.25) is 0 Å². The normalized spacial score (nSPS) is 10.2. The summed E-state index contributed by atoms with van der Waals surface area (Å²) >= 11 is 2.32. The Labute approximate surface area is 133 Å². The highest BCUT2D eigenvalue weighted by atomic mass is 127. The van der Waals surface area contributed by atoms with E-state index in [-0.39, 0.29) is 0 Å². The van der Waals surface area contributed by atoms with E-state index in [2.05, 4.69) is 53.0 Å². The van der Waals surface area contributed by atoms with E-state index in [4.69, 9.17) is 9.47 Å². The van der Waals surface area contributed by atoms with Crippen LogP contribution in [0.5, 0.6) is 11.5 Å². The van der Waals surface area contributed by atoms with Crippen LogP contribution in [0.25, 0.3) is 0 Å². The molecule has 0 aliphatic carbocycles. The van der Waals surface area contributed by atoms with Gasteiger partial charge in [-0.2, -0.15) is 0 Å². The summed E-state index contributed by atoms with van der Waals surface area (Å²) in [6.45, 7) is 2.82. The molecular weight excluding hydrogens is 365 g/mol. The highest BCUT2D eigenvalue weighted by Gasteiger charge is 2.06. The van der Waals surface area contributed by atoms with Crippen molar-refractivity contribution in [1.82, 2.24) is 0 Å². The smallest absolute Gasteiger partial charge is 0.127 e. The van der Waals surface area contributed by atoms with E-state index in [9.17, 15) is 0 Å². The lowest BCUT2D eigenvalue weighted by Crippen LogP contribution is -2.03. The first kappa shape index (κ1) is 15.0. The van der Waals surface area contributed by atoms with Crippen molar-refractivity contribution < 1.29 is 9.47 Å². The van der Waals surface area contributed by atoms with E-state index in [0.29, 0.717) is 6.54 Å². The van der Waals surface area contributed by atoms with Crippen molar-refractivity contribution in [3.63, 3.8) is 0 Å². The number of rotatable bonds is 5. The number of aryl methyl sites for hydroxylation is 1. The Hall–Kier alpha value is -1.43. The number of nitrogens with one attached hydrogen (secondary N) is 1. The highest BCUT2D eigenvalue weighted by Crippen LogP contribution is 2.26. The Morgan fingerprint density at radius 3 is 2.50 bits per heavy atom. The second-order valence-electron chi connectivity index (χ2n) is 4.49. The molecule has 0 aliphatic heterocycles. The second kappa shape index (κ2) is 6.83. The zero-order valence-corrected chi connectivity index (χ0v) is 14.0. The molecule has 3 nitrogen and oxygen atoms in total. The molecule has 106 valence electrons. The fourth-order valence-corrected chi connectivity index (χ4v) is 2.66. The summed E-state index contributed by atoms with van der Waals surface area (Å²) in [5.41, 5.74) is 3.49. The van der Waals surface area contributed by atoms with Crippen molar-refractivity contribution >= 4 is 28.3 Å². The van der Waals surface area contributed by atoms with E-state index >= 15 is 0 Å². The van der Waals surface area contributed by atoms with E-state index in [1.165, 1.54) is 9.13 Å². The minimum atomic E-state index is 0.717. The van der Waals surface area contributed by atoms with Crippen LogP contribution in [0.4, 0.5) is 5.69 Å². The fraction of sp³-hybridized carbons (Fsp3) is 0.250. The van der Waals surface area contributed by atoms with Crippen molar-refractivity contribution in [3.05, 3.63) is 51.1 Å². The Balaban J connectivity index is 2.14. The molecule has 0 spiro atoms. The largest absolute Gasteiger partial charge is 0.497 e. The summed E-state index contributed by atoms with van der Waals surface area (Å²) in [7, 11) is 3.33. The molecular formula is C16H18INO2. The SMILES string of the molecule is COc1ccc(CNc2ccc(I)cc2C)c(OC)c1. The van der Waals surface area contributed by atoms with Gasteiger partial charge in [0.05, 0.1) is 14.2 Å². The maximum atomic E-state index is 5.40. The van der Waals surface area contributed by atoms with Crippen LogP contribution in [-0.4, -0.2) is 14.2 Å². The lowest BCUT2D eigenvalue weighted by molar-refractivity contribution is 0.391. The minimum Gasteiger partial charge on any atom is -0.497 e. The average Bonchev–Trinajstić information content (AvgIpc) is 2.46. The number of methoxy groups -OCH3 is 2. The third kappa shape index (κ3) is 3.56. The van der Waals surface area contributed by atoms with Gasteiger partial charge in [0.2, 0.25) is 0 Å². The third-order valence-corrected chi connectivity index (χ3v) is 3.82. The van der Waals surface area contributed by atoms with E-state index < -0.39 is 0 Å². The van der Waals surface area contributed by atoms with Crippen LogP contribution >= 0.6 is 22.6 Å². The molecule has 0 aliphatic rings. The molecule has 0 unspecified atom stereocenters. The molecule has 2 rings (SSSR count). The third-order valence-electron chi connectivity index (χ3n) is 3.15. The molecule has 0 saturated heterocycles. The number of hydrogen-bond donors (Lipinski definition) is 1. The first-order valence-electron chi connectivity index (χ1n) is 6.35. The van der Waals surface area contributed by atoms with Gasteiger partial charge >= 0.3 is 0 Å². The zero-order valence-electron chi connectivity index (χ0n) is 11.9. The second-order valence-corrected chi connectivity index (χ2v) is 5.74. The standard InChI is InChI=1S/C16H18INO2/c1-11-8-13(17)5-7-15(11)18-10-12-4-6-14(19-2)9-16(12)20-3/h4-9,18H,10H2,1-3H3. The lowest BCUT2D eigenvalue weighted by atomic mass is 10.1. The van der Waals surface area contributed by atoms with Crippen LogP contribution in [0.15, 0.2) is 36.4 Å². The van der Waals surface area contributed by atoms with Gasteiger partial charge in [0.25, 0.3) is 0 Å². The van der Waals surface area contributed by atoms with Crippen LogP contribution < -0.4 is 14.8 Å². The summed E-state index contributed by atoms with van der Waals surface area (Å²) in [5.74, 6) is 1.64. The van der Waals surface area contributed by atoms with Gasteiger partial charge in [-0.3, -0.25) is 0 Å². The molecule has 20 heavy (non-hydrogen) atoms. The predicted molar refractivity (Wildman–Crippen MR) is 90.8 cm³/mol. The molecule has 1 N–H and O–H groups in total. The summed E-state index contributed by atoms with van der Waals surface area (Å²) in [6.07, 6.45) is 0. The molecule has 0 saturated carbocycles. The number of halogens is 1. The van der Waals surface area contributed by atoms with Crippen LogP contribution in [0.3, 0.4) is 0 Å². The van der Waals surface area contributed by atoms with Crippen LogP contribution in [-0.2, 0) is 6.54 Å². The van der Waals surface area contributed by atoms with Crippen molar-refractivity contribution in [2.24, 2.45) is 0 Å². The monoisotopic (exact) mass is 383 g/mol.